The van der Waals surface area contributed by atoms with Gasteiger partial charge in [0, 0.05) is 53.0 Å². The van der Waals surface area contributed by atoms with Crippen molar-refractivity contribution in [2.24, 2.45) is 0 Å². The van der Waals surface area contributed by atoms with E-state index in [0.29, 0.717) is 52.8 Å². The van der Waals surface area contributed by atoms with Crippen molar-refractivity contribution < 1.29 is 18.0 Å². The van der Waals surface area contributed by atoms with E-state index in [0.717, 1.165) is 0 Å². The van der Waals surface area contributed by atoms with Crippen molar-refractivity contribution in [3.63, 3.8) is 0 Å². The average Bonchev–Trinajstić information content (AvgIpc) is 2.72. The van der Waals surface area contributed by atoms with E-state index in [4.69, 9.17) is 23.2 Å². The highest BCUT2D eigenvalue weighted by Crippen LogP contribution is 2.22. The van der Waals surface area contributed by atoms with Crippen LogP contribution in [0.15, 0.2) is 42.5 Å². The van der Waals surface area contributed by atoms with Crippen molar-refractivity contribution in [3.8, 4) is 0 Å². The van der Waals surface area contributed by atoms with E-state index >= 15 is 0 Å². The van der Waals surface area contributed by atoms with E-state index in [1.54, 1.807) is 42.3 Å². The monoisotopic (exact) mass is 483 g/mol. The number of benzene rings is 2. The van der Waals surface area contributed by atoms with E-state index in [1.165, 1.54) is 22.7 Å². The van der Waals surface area contributed by atoms with E-state index in [1.807, 2.05) is 0 Å². The van der Waals surface area contributed by atoms with Crippen LogP contribution in [0.4, 0.5) is 5.69 Å². The maximum atomic E-state index is 12.8. The van der Waals surface area contributed by atoms with Crippen molar-refractivity contribution in [1.82, 2.24) is 9.21 Å². The fourth-order valence-electron chi connectivity index (χ4n) is 3.47. The van der Waals surface area contributed by atoms with E-state index in [9.17, 15) is 18.0 Å². The van der Waals surface area contributed by atoms with Crippen LogP contribution in [-0.2, 0) is 10.0 Å². The van der Waals surface area contributed by atoms with Gasteiger partial charge < -0.3 is 10.2 Å². The van der Waals surface area contributed by atoms with Crippen LogP contribution in [0.2, 0.25) is 10.0 Å². The smallest absolute Gasteiger partial charge is 0.255 e. The summed E-state index contributed by atoms with van der Waals surface area (Å²) >= 11 is 11.9. The lowest BCUT2D eigenvalue weighted by molar-refractivity contribution is 0.0686. The highest BCUT2D eigenvalue weighted by atomic mass is 35.5. The molecular formula is C21H23Cl2N3O4S. The van der Waals surface area contributed by atoms with Crippen LogP contribution >= 0.6 is 23.2 Å². The third-order valence-electron chi connectivity index (χ3n) is 5.30. The number of anilines is 1. The largest absolute Gasteiger partial charge is 0.339 e. The van der Waals surface area contributed by atoms with Crippen molar-refractivity contribution in [1.29, 1.82) is 0 Å². The Labute approximate surface area is 192 Å². The molecule has 1 N–H and O–H groups in total. The Hall–Kier alpha value is -2.13. The quantitative estimate of drug-likeness (QED) is 0.701. The number of sulfonamides is 1. The van der Waals surface area contributed by atoms with Gasteiger partial charge in [0.15, 0.2) is 0 Å². The second-order valence-electron chi connectivity index (χ2n) is 7.49. The van der Waals surface area contributed by atoms with Crippen LogP contribution in [0, 0.1) is 0 Å². The number of halogens is 2. The maximum absolute atomic E-state index is 12.8. The third kappa shape index (κ3) is 5.98. The Balaban J connectivity index is 1.60. The first-order valence-corrected chi connectivity index (χ1v) is 12.2. The Bertz CT molecular complexity index is 1060. The zero-order chi connectivity index (χ0) is 22.8. The lowest BCUT2D eigenvalue weighted by Gasteiger charge is -2.35. The van der Waals surface area contributed by atoms with Crippen LogP contribution in [0.3, 0.4) is 0 Å². The van der Waals surface area contributed by atoms with Crippen LogP contribution in [0.1, 0.15) is 33.6 Å². The molecular weight excluding hydrogens is 461 g/mol. The standard InChI is InChI=1S/C21H23Cl2N3O4S/c1-25(31(2,29)30)19-7-9-26(10-8-19)21(28)14-3-5-18(6-4-14)24-20(27)15-11-16(22)13-17(23)12-15/h3-6,11-13,19H,7-10H2,1-2H3,(H,24,27). The van der Waals surface area contributed by atoms with Crippen LogP contribution in [-0.4, -0.2) is 61.9 Å². The van der Waals surface area contributed by atoms with E-state index in [-0.39, 0.29) is 17.9 Å². The number of piperidine rings is 1. The fourth-order valence-corrected chi connectivity index (χ4v) is 4.75. The molecule has 10 heteroatoms. The topological polar surface area (TPSA) is 86.8 Å². The van der Waals surface area contributed by atoms with Crippen molar-refractivity contribution >= 4 is 50.7 Å². The number of hydrogen-bond donors (Lipinski definition) is 1. The minimum Gasteiger partial charge on any atom is -0.339 e. The second kappa shape index (κ2) is 9.56. The second-order valence-corrected chi connectivity index (χ2v) is 10.4. The number of hydrogen-bond acceptors (Lipinski definition) is 4. The molecule has 1 aliphatic heterocycles. The molecule has 0 bridgehead atoms. The van der Waals surface area contributed by atoms with Gasteiger partial charge in [0.05, 0.1) is 6.26 Å². The molecule has 3 rings (SSSR count). The first kappa shape index (κ1) is 23.5. The SMILES string of the molecule is CN(C1CCN(C(=O)c2ccc(NC(=O)c3cc(Cl)cc(Cl)c3)cc2)CC1)S(C)(=O)=O. The van der Waals surface area contributed by atoms with Gasteiger partial charge >= 0.3 is 0 Å². The van der Waals surface area contributed by atoms with Gasteiger partial charge in [-0.25, -0.2) is 12.7 Å². The highest BCUT2D eigenvalue weighted by Gasteiger charge is 2.29. The average molecular weight is 484 g/mol. The number of likely N-dealkylation sites (tertiary alicyclic amines) is 1. The maximum Gasteiger partial charge on any atom is 0.255 e. The predicted molar refractivity (Wildman–Crippen MR) is 122 cm³/mol. The summed E-state index contributed by atoms with van der Waals surface area (Å²) in [6, 6.07) is 11.1. The lowest BCUT2D eigenvalue weighted by atomic mass is 10.0. The molecule has 2 amide bonds. The van der Waals surface area contributed by atoms with Crippen LogP contribution in [0.5, 0.6) is 0 Å². The third-order valence-corrected chi connectivity index (χ3v) is 7.08. The van der Waals surface area contributed by atoms with Gasteiger partial charge in [0.1, 0.15) is 0 Å². The summed E-state index contributed by atoms with van der Waals surface area (Å²) in [6.45, 7) is 0.967. The number of nitrogens with one attached hydrogen (secondary N) is 1. The van der Waals surface area contributed by atoms with Crippen molar-refractivity contribution in [2.75, 3.05) is 31.7 Å². The van der Waals surface area contributed by atoms with E-state index in [2.05, 4.69) is 5.32 Å². The molecule has 7 nitrogen and oxygen atoms in total. The van der Waals surface area contributed by atoms with Gasteiger partial charge in [0.25, 0.3) is 11.8 Å². The van der Waals surface area contributed by atoms with Crippen molar-refractivity contribution in [2.45, 2.75) is 18.9 Å². The van der Waals surface area contributed by atoms with Gasteiger partial charge in [-0.15, -0.1) is 0 Å². The van der Waals surface area contributed by atoms with Gasteiger partial charge in [-0.2, -0.15) is 0 Å². The van der Waals surface area contributed by atoms with E-state index < -0.39 is 10.0 Å². The molecule has 0 unspecified atom stereocenters. The summed E-state index contributed by atoms with van der Waals surface area (Å²) < 4.78 is 24.8. The molecule has 1 aliphatic rings. The van der Waals surface area contributed by atoms with Gasteiger partial charge in [-0.1, -0.05) is 23.2 Å². The summed E-state index contributed by atoms with van der Waals surface area (Å²) in [4.78, 5) is 26.9. The molecule has 0 radical (unpaired) electrons. The number of amides is 2. The predicted octanol–water partition coefficient (Wildman–Crippen LogP) is 3.74. The number of carbonyl (C=O) groups excluding carboxylic acids is 2. The number of nitrogens with zero attached hydrogens (tertiary/aromatic N) is 2. The lowest BCUT2D eigenvalue weighted by Crippen LogP contribution is -2.47. The fraction of sp³-hybridized carbons (Fsp3) is 0.333. The molecule has 2 aromatic carbocycles. The zero-order valence-corrected chi connectivity index (χ0v) is 19.5. The minimum atomic E-state index is -3.25. The summed E-state index contributed by atoms with van der Waals surface area (Å²) in [5.41, 5.74) is 1.37. The highest BCUT2D eigenvalue weighted by molar-refractivity contribution is 7.88. The Morgan fingerprint density at radius 1 is 1.00 bits per heavy atom. The number of rotatable bonds is 5. The molecule has 0 saturated carbocycles. The van der Waals surface area contributed by atoms with Crippen molar-refractivity contribution in [3.05, 3.63) is 63.6 Å². The molecule has 166 valence electrons. The van der Waals surface area contributed by atoms with Crippen LogP contribution in [0.25, 0.3) is 0 Å². The molecule has 1 fully saturated rings. The normalized spacial score (nSPS) is 15.2. The first-order chi connectivity index (χ1) is 14.5. The molecule has 31 heavy (non-hydrogen) atoms. The Morgan fingerprint density at radius 2 is 1.55 bits per heavy atom. The molecule has 1 saturated heterocycles. The molecule has 0 spiro atoms. The molecule has 2 aromatic rings. The Kier molecular flexibility index (Phi) is 7.26. The molecule has 0 aliphatic carbocycles. The molecule has 1 heterocycles. The van der Waals surface area contributed by atoms with Gasteiger partial charge in [0.2, 0.25) is 10.0 Å². The Morgan fingerprint density at radius 3 is 2.06 bits per heavy atom. The molecule has 0 aromatic heterocycles. The zero-order valence-electron chi connectivity index (χ0n) is 17.1. The number of carbonyl (C=O) groups is 2. The van der Waals surface area contributed by atoms with Gasteiger partial charge in [-0.3, -0.25) is 9.59 Å². The summed E-state index contributed by atoms with van der Waals surface area (Å²) in [5.74, 6) is -0.486. The first-order valence-electron chi connectivity index (χ1n) is 9.64. The summed E-state index contributed by atoms with van der Waals surface area (Å²) in [6.07, 6.45) is 2.36. The van der Waals surface area contributed by atoms with Gasteiger partial charge in [-0.05, 0) is 55.3 Å². The van der Waals surface area contributed by atoms with Crippen LogP contribution < -0.4 is 5.32 Å². The minimum absolute atomic E-state index is 0.100. The summed E-state index contributed by atoms with van der Waals surface area (Å²) in [5, 5.41) is 3.48. The summed E-state index contributed by atoms with van der Waals surface area (Å²) in [7, 11) is -1.68. The molecule has 0 atom stereocenters.